The minimum atomic E-state index is 0.797. The second kappa shape index (κ2) is 5.51. The van der Waals surface area contributed by atoms with Gasteiger partial charge in [0.1, 0.15) is 5.75 Å². The molecule has 1 heterocycles. The molecule has 82 valence electrons. The first-order valence-electron chi connectivity index (χ1n) is 4.91. The van der Waals surface area contributed by atoms with Crippen LogP contribution in [0.4, 0.5) is 0 Å². The molecule has 0 N–H and O–H groups in total. The van der Waals surface area contributed by atoms with Crippen molar-refractivity contribution >= 4 is 11.8 Å². The van der Waals surface area contributed by atoms with Crippen molar-refractivity contribution in [3.8, 4) is 5.75 Å². The Hall–Kier alpha value is -1.55. The molecule has 0 saturated heterocycles. The summed E-state index contributed by atoms with van der Waals surface area (Å²) in [6.07, 6.45) is 3.50. The smallest absolute Gasteiger partial charge is 0.187 e. The normalized spacial score (nSPS) is 10.1. The van der Waals surface area contributed by atoms with Gasteiger partial charge in [0.05, 0.1) is 7.11 Å². The van der Waals surface area contributed by atoms with Gasteiger partial charge in [-0.25, -0.2) is 9.97 Å². The van der Waals surface area contributed by atoms with Gasteiger partial charge in [0.25, 0.3) is 0 Å². The number of aromatic nitrogens is 2. The predicted molar refractivity (Wildman–Crippen MR) is 64.6 cm³/mol. The fraction of sp³-hybridized carbons (Fsp3) is 0.167. The Morgan fingerprint density at radius 2 is 2.00 bits per heavy atom. The zero-order valence-electron chi connectivity index (χ0n) is 8.96. The van der Waals surface area contributed by atoms with Crippen LogP contribution in [-0.4, -0.2) is 17.1 Å². The number of ether oxygens (including phenoxy) is 1. The molecule has 0 fully saturated rings. The fourth-order valence-corrected chi connectivity index (χ4v) is 2.02. The fourth-order valence-electron chi connectivity index (χ4n) is 1.27. The average molecular weight is 232 g/mol. The molecule has 3 nitrogen and oxygen atoms in total. The lowest BCUT2D eigenvalue weighted by Crippen LogP contribution is -1.87. The van der Waals surface area contributed by atoms with Crippen LogP contribution in [0.25, 0.3) is 0 Å². The first-order chi connectivity index (χ1) is 7.88. The van der Waals surface area contributed by atoms with Gasteiger partial charge in [-0.3, -0.25) is 0 Å². The summed E-state index contributed by atoms with van der Waals surface area (Å²) >= 11 is 1.61. The van der Waals surface area contributed by atoms with Crippen LogP contribution in [0.5, 0.6) is 5.75 Å². The molecule has 0 radical (unpaired) electrons. The van der Waals surface area contributed by atoms with Gasteiger partial charge in [-0.15, -0.1) is 0 Å². The third-order valence-electron chi connectivity index (χ3n) is 2.04. The van der Waals surface area contributed by atoms with Gasteiger partial charge in [0, 0.05) is 18.1 Å². The lowest BCUT2D eigenvalue weighted by molar-refractivity contribution is 0.414. The number of methoxy groups -OCH3 is 1. The van der Waals surface area contributed by atoms with Crippen molar-refractivity contribution in [1.82, 2.24) is 9.97 Å². The molecule has 0 spiro atoms. The lowest BCUT2D eigenvalue weighted by atomic mass is 10.2. The van der Waals surface area contributed by atoms with E-state index in [2.05, 4.69) is 16.0 Å². The average Bonchev–Trinajstić information content (AvgIpc) is 2.38. The van der Waals surface area contributed by atoms with Crippen molar-refractivity contribution in [2.75, 3.05) is 7.11 Å². The summed E-state index contributed by atoms with van der Waals surface area (Å²) in [7, 11) is 1.67. The van der Waals surface area contributed by atoms with Crippen LogP contribution in [0.2, 0.25) is 0 Å². The molecular formula is C12H12N2OS. The number of nitrogens with zero attached hydrogens (tertiary/aromatic N) is 2. The SMILES string of the molecule is COc1cccc(CSc2ncccn2)c1. The molecule has 0 atom stereocenters. The van der Waals surface area contributed by atoms with Crippen LogP contribution < -0.4 is 4.74 Å². The molecular weight excluding hydrogens is 220 g/mol. The minimum absolute atomic E-state index is 0.797. The first kappa shape index (κ1) is 11.0. The molecule has 1 aromatic carbocycles. The van der Waals surface area contributed by atoms with Gasteiger partial charge in [0.15, 0.2) is 5.16 Å². The van der Waals surface area contributed by atoms with Crippen LogP contribution >= 0.6 is 11.8 Å². The van der Waals surface area contributed by atoms with E-state index < -0.39 is 0 Å². The van der Waals surface area contributed by atoms with Crippen molar-refractivity contribution < 1.29 is 4.74 Å². The predicted octanol–water partition coefficient (Wildman–Crippen LogP) is 2.78. The molecule has 2 rings (SSSR count). The molecule has 0 saturated carbocycles. The van der Waals surface area contributed by atoms with E-state index >= 15 is 0 Å². The van der Waals surface area contributed by atoms with Crippen LogP contribution in [-0.2, 0) is 5.75 Å². The number of hydrogen-bond donors (Lipinski definition) is 0. The Bertz CT molecular complexity index is 448. The molecule has 4 heteroatoms. The highest BCUT2D eigenvalue weighted by molar-refractivity contribution is 7.98. The van der Waals surface area contributed by atoms with Gasteiger partial charge in [-0.05, 0) is 23.8 Å². The summed E-state index contributed by atoms with van der Waals surface area (Å²) in [6, 6.07) is 9.83. The molecule has 1 aromatic heterocycles. The number of thioether (sulfide) groups is 1. The van der Waals surface area contributed by atoms with E-state index in [4.69, 9.17) is 4.74 Å². The molecule has 0 unspecified atom stereocenters. The molecule has 0 amide bonds. The maximum Gasteiger partial charge on any atom is 0.187 e. The summed E-state index contributed by atoms with van der Waals surface area (Å²) in [5, 5.41) is 0.797. The van der Waals surface area contributed by atoms with Gasteiger partial charge >= 0.3 is 0 Å². The summed E-state index contributed by atoms with van der Waals surface area (Å²) in [5.74, 6) is 1.73. The maximum absolute atomic E-state index is 5.17. The number of hydrogen-bond acceptors (Lipinski definition) is 4. The van der Waals surface area contributed by atoms with E-state index in [-0.39, 0.29) is 0 Å². The zero-order valence-corrected chi connectivity index (χ0v) is 9.78. The Kier molecular flexibility index (Phi) is 3.77. The Morgan fingerprint density at radius 3 is 2.75 bits per heavy atom. The standard InChI is InChI=1S/C12H12N2OS/c1-15-11-5-2-4-10(8-11)9-16-12-13-6-3-7-14-12/h2-8H,9H2,1H3. The number of benzene rings is 1. The molecule has 0 aliphatic carbocycles. The van der Waals surface area contributed by atoms with Crippen LogP contribution in [0.3, 0.4) is 0 Å². The summed E-state index contributed by atoms with van der Waals surface area (Å²) < 4.78 is 5.17. The van der Waals surface area contributed by atoms with Crippen molar-refractivity contribution in [1.29, 1.82) is 0 Å². The third-order valence-corrected chi connectivity index (χ3v) is 2.99. The van der Waals surface area contributed by atoms with Gasteiger partial charge in [0.2, 0.25) is 0 Å². The van der Waals surface area contributed by atoms with E-state index in [1.165, 1.54) is 5.56 Å². The van der Waals surface area contributed by atoms with E-state index in [0.29, 0.717) is 0 Å². The van der Waals surface area contributed by atoms with E-state index in [1.807, 2.05) is 24.3 Å². The summed E-state index contributed by atoms with van der Waals surface area (Å²) in [5.41, 5.74) is 1.21. The Balaban J connectivity index is 1.99. The van der Waals surface area contributed by atoms with Crippen molar-refractivity contribution in [3.05, 3.63) is 48.3 Å². The zero-order chi connectivity index (χ0) is 11.2. The summed E-state index contributed by atoms with van der Waals surface area (Å²) in [6.45, 7) is 0. The summed E-state index contributed by atoms with van der Waals surface area (Å²) in [4.78, 5) is 8.31. The monoisotopic (exact) mass is 232 g/mol. The third kappa shape index (κ3) is 2.97. The largest absolute Gasteiger partial charge is 0.497 e. The molecule has 16 heavy (non-hydrogen) atoms. The molecule has 0 aliphatic heterocycles. The van der Waals surface area contributed by atoms with Crippen molar-refractivity contribution in [2.24, 2.45) is 0 Å². The van der Waals surface area contributed by atoms with Gasteiger partial charge in [-0.2, -0.15) is 0 Å². The molecule has 0 bridgehead atoms. The van der Waals surface area contributed by atoms with E-state index in [1.54, 1.807) is 31.3 Å². The lowest BCUT2D eigenvalue weighted by Gasteiger charge is -2.03. The van der Waals surface area contributed by atoms with Crippen LogP contribution in [0.1, 0.15) is 5.56 Å². The van der Waals surface area contributed by atoms with Gasteiger partial charge in [-0.1, -0.05) is 23.9 Å². The number of rotatable bonds is 4. The van der Waals surface area contributed by atoms with Crippen LogP contribution in [0.15, 0.2) is 47.9 Å². The topological polar surface area (TPSA) is 35.0 Å². The highest BCUT2D eigenvalue weighted by atomic mass is 32.2. The van der Waals surface area contributed by atoms with Crippen molar-refractivity contribution in [2.45, 2.75) is 10.9 Å². The molecule has 2 aromatic rings. The van der Waals surface area contributed by atoms with Crippen LogP contribution in [0, 0.1) is 0 Å². The highest BCUT2D eigenvalue weighted by Crippen LogP contribution is 2.21. The highest BCUT2D eigenvalue weighted by Gasteiger charge is 1.99. The quantitative estimate of drug-likeness (QED) is 0.599. The Labute approximate surface area is 98.9 Å². The van der Waals surface area contributed by atoms with E-state index in [0.717, 1.165) is 16.7 Å². The second-order valence-corrected chi connectivity index (χ2v) is 4.11. The van der Waals surface area contributed by atoms with Crippen molar-refractivity contribution in [3.63, 3.8) is 0 Å². The first-order valence-corrected chi connectivity index (χ1v) is 5.90. The maximum atomic E-state index is 5.17. The van der Waals surface area contributed by atoms with Gasteiger partial charge < -0.3 is 4.74 Å². The minimum Gasteiger partial charge on any atom is -0.497 e. The second-order valence-electron chi connectivity index (χ2n) is 3.17. The molecule has 0 aliphatic rings. The van der Waals surface area contributed by atoms with E-state index in [9.17, 15) is 0 Å². The Morgan fingerprint density at radius 1 is 1.19 bits per heavy atom.